The van der Waals surface area contributed by atoms with Crippen LogP contribution in [0.15, 0.2) is 60.7 Å². The van der Waals surface area contributed by atoms with E-state index in [4.69, 9.17) is 4.74 Å². The number of hydrogen-bond donors (Lipinski definition) is 1. The lowest BCUT2D eigenvalue weighted by molar-refractivity contribution is 0.0788. The lowest BCUT2D eigenvalue weighted by Crippen LogP contribution is -2.28. The van der Waals surface area contributed by atoms with Crippen molar-refractivity contribution in [3.8, 4) is 17.0 Å². The second-order valence-electron chi connectivity index (χ2n) is 8.33. The van der Waals surface area contributed by atoms with E-state index in [0.717, 1.165) is 55.7 Å². The molecule has 6 heteroatoms. The molecular formula is C26H34N4O2. The average Bonchev–Trinajstić information content (AvgIpc) is 3.28. The predicted octanol–water partition coefficient (Wildman–Crippen LogP) is 4.50. The van der Waals surface area contributed by atoms with Crippen LogP contribution in [-0.2, 0) is 6.42 Å². The molecule has 0 aliphatic rings. The number of benzene rings is 2. The summed E-state index contributed by atoms with van der Waals surface area (Å²) in [5, 5.41) is 7.56. The van der Waals surface area contributed by atoms with Gasteiger partial charge in [0.05, 0.1) is 11.3 Å². The Balaban J connectivity index is 1.41. The number of aryl methyl sites for hydroxylation is 1. The first kappa shape index (κ1) is 23.5. The molecule has 0 aliphatic carbocycles. The summed E-state index contributed by atoms with van der Waals surface area (Å²) in [4.78, 5) is 16.8. The number of hydrogen-bond acceptors (Lipinski definition) is 4. The number of para-hydroxylation sites is 1. The van der Waals surface area contributed by atoms with Crippen LogP contribution in [0.1, 0.15) is 35.3 Å². The smallest absolute Gasteiger partial charge is 0.257 e. The number of nitrogens with one attached hydrogen (secondary N) is 1. The summed E-state index contributed by atoms with van der Waals surface area (Å²) in [6.45, 7) is 2.09. The standard InChI is InChI=1S/C26H34N4O2/c1-29(2)18-19-32-25-16-10-9-15-23(25)26(31)30(3)17-11-5-8-14-22-20-24(28-27-22)21-12-6-4-7-13-21/h4,6-7,9-10,12-13,15-16,20H,5,8,11,14,17-19H2,1-3H3,(H,27,28). The van der Waals surface area contributed by atoms with E-state index in [1.807, 2.05) is 63.6 Å². The molecule has 1 N–H and O–H groups in total. The Bertz CT molecular complexity index is 969. The zero-order valence-corrected chi connectivity index (χ0v) is 19.4. The van der Waals surface area contributed by atoms with Crippen LogP contribution < -0.4 is 4.74 Å². The van der Waals surface area contributed by atoms with Gasteiger partial charge in [0.1, 0.15) is 12.4 Å². The summed E-state index contributed by atoms with van der Waals surface area (Å²) in [5.41, 5.74) is 3.88. The lowest BCUT2D eigenvalue weighted by Gasteiger charge is -2.19. The Morgan fingerprint density at radius 3 is 2.47 bits per heavy atom. The third-order valence-corrected chi connectivity index (χ3v) is 5.40. The molecule has 1 aromatic heterocycles. The number of nitrogens with zero attached hydrogens (tertiary/aromatic N) is 3. The van der Waals surface area contributed by atoms with Crippen molar-refractivity contribution in [1.29, 1.82) is 0 Å². The van der Waals surface area contributed by atoms with Crippen LogP contribution in [-0.4, -0.2) is 66.7 Å². The Morgan fingerprint density at radius 1 is 0.938 bits per heavy atom. The number of unbranched alkanes of at least 4 members (excludes halogenated alkanes) is 2. The SMILES string of the molecule is CN(C)CCOc1ccccc1C(=O)N(C)CCCCCc1cc(-c2ccccc2)n[nH]1. The predicted molar refractivity (Wildman–Crippen MR) is 129 cm³/mol. The molecule has 0 saturated heterocycles. The number of aromatic nitrogens is 2. The Labute approximate surface area is 191 Å². The van der Waals surface area contributed by atoms with Gasteiger partial charge in [-0.3, -0.25) is 9.89 Å². The van der Waals surface area contributed by atoms with E-state index in [-0.39, 0.29) is 5.91 Å². The fourth-order valence-electron chi connectivity index (χ4n) is 3.50. The first-order valence-electron chi connectivity index (χ1n) is 11.3. The van der Waals surface area contributed by atoms with Gasteiger partial charge in [0.2, 0.25) is 0 Å². The lowest BCUT2D eigenvalue weighted by atomic mass is 10.1. The Morgan fingerprint density at radius 2 is 1.69 bits per heavy atom. The van der Waals surface area contributed by atoms with Crippen LogP contribution in [0.25, 0.3) is 11.3 Å². The highest BCUT2D eigenvalue weighted by molar-refractivity contribution is 5.96. The molecule has 3 aromatic rings. The van der Waals surface area contributed by atoms with E-state index in [9.17, 15) is 4.79 Å². The highest BCUT2D eigenvalue weighted by Gasteiger charge is 2.16. The highest BCUT2D eigenvalue weighted by Crippen LogP contribution is 2.20. The van der Waals surface area contributed by atoms with E-state index in [1.165, 1.54) is 0 Å². The molecule has 3 rings (SSSR count). The van der Waals surface area contributed by atoms with Gasteiger partial charge in [-0.2, -0.15) is 5.10 Å². The van der Waals surface area contributed by atoms with E-state index < -0.39 is 0 Å². The third kappa shape index (κ3) is 6.95. The Kier molecular flexibility index (Phi) is 8.87. The normalized spacial score (nSPS) is 11.0. The van der Waals surface area contributed by atoms with Gasteiger partial charge in [0, 0.05) is 31.4 Å². The molecule has 0 aliphatic heterocycles. The molecule has 2 aromatic carbocycles. The quantitative estimate of drug-likeness (QED) is 0.426. The van der Waals surface area contributed by atoms with E-state index in [1.54, 1.807) is 4.90 Å². The minimum Gasteiger partial charge on any atom is -0.491 e. The van der Waals surface area contributed by atoms with Crippen molar-refractivity contribution in [2.45, 2.75) is 25.7 Å². The summed E-state index contributed by atoms with van der Waals surface area (Å²) in [7, 11) is 5.87. The maximum atomic E-state index is 12.9. The van der Waals surface area contributed by atoms with Crippen molar-refractivity contribution < 1.29 is 9.53 Å². The van der Waals surface area contributed by atoms with Crippen molar-refractivity contribution in [2.75, 3.05) is 40.8 Å². The molecule has 0 radical (unpaired) electrons. The van der Waals surface area contributed by atoms with E-state index in [2.05, 4.69) is 33.3 Å². The van der Waals surface area contributed by atoms with E-state index in [0.29, 0.717) is 17.9 Å². The summed E-state index contributed by atoms with van der Waals surface area (Å²) in [6.07, 6.45) is 4.03. The largest absolute Gasteiger partial charge is 0.491 e. The first-order chi connectivity index (χ1) is 15.5. The van der Waals surface area contributed by atoms with Crippen LogP contribution in [0.5, 0.6) is 5.75 Å². The fourth-order valence-corrected chi connectivity index (χ4v) is 3.50. The zero-order chi connectivity index (χ0) is 22.8. The molecule has 0 fully saturated rings. The van der Waals surface area contributed by atoms with E-state index >= 15 is 0 Å². The fraction of sp³-hybridized carbons (Fsp3) is 0.385. The van der Waals surface area contributed by atoms with Crippen molar-refractivity contribution >= 4 is 5.91 Å². The molecular weight excluding hydrogens is 400 g/mol. The van der Waals surface area contributed by atoms with Gasteiger partial charge >= 0.3 is 0 Å². The third-order valence-electron chi connectivity index (χ3n) is 5.40. The summed E-state index contributed by atoms with van der Waals surface area (Å²) in [5.74, 6) is 0.659. The molecule has 0 bridgehead atoms. The van der Waals surface area contributed by atoms with Crippen LogP contribution in [0.4, 0.5) is 0 Å². The number of carbonyl (C=O) groups excluding carboxylic acids is 1. The van der Waals surface area contributed by atoms with Gasteiger partial charge in [-0.05, 0) is 51.6 Å². The minimum atomic E-state index is 0.00604. The van der Waals surface area contributed by atoms with Crippen molar-refractivity contribution in [3.63, 3.8) is 0 Å². The summed E-state index contributed by atoms with van der Waals surface area (Å²) < 4.78 is 5.85. The van der Waals surface area contributed by atoms with Crippen LogP contribution in [0, 0.1) is 0 Å². The number of aromatic amines is 1. The van der Waals surface area contributed by atoms with Crippen molar-refractivity contribution in [3.05, 3.63) is 71.9 Å². The zero-order valence-electron chi connectivity index (χ0n) is 19.4. The van der Waals surface area contributed by atoms with Gasteiger partial charge in [-0.1, -0.05) is 48.9 Å². The van der Waals surface area contributed by atoms with Crippen LogP contribution in [0.2, 0.25) is 0 Å². The molecule has 170 valence electrons. The number of H-pyrrole nitrogens is 1. The Hall–Kier alpha value is -3.12. The number of rotatable bonds is 12. The number of amides is 1. The van der Waals surface area contributed by atoms with Gasteiger partial charge in [-0.25, -0.2) is 0 Å². The molecule has 0 unspecified atom stereocenters. The summed E-state index contributed by atoms with van der Waals surface area (Å²) >= 11 is 0. The maximum Gasteiger partial charge on any atom is 0.257 e. The number of ether oxygens (including phenoxy) is 1. The minimum absolute atomic E-state index is 0.00604. The number of carbonyl (C=O) groups is 1. The van der Waals surface area contributed by atoms with Gasteiger partial charge < -0.3 is 14.5 Å². The van der Waals surface area contributed by atoms with Crippen LogP contribution in [0.3, 0.4) is 0 Å². The second kappa shape index (κ2) is 12.1. The molecule has 1 amide bonds. The first-order valence-corrected chi connectivity index (χ1v) is 11.3. The maximum absolute atomic E-state index is 12.9. The topological polar surface area (TPSA) is 61.5 Å². The monoisotopic (exact) mass is 434 g/mol. The van der Waals surface area contributed by atoms with Crippen molar-refractivity contribution in [2.24, 2.45) is 0 Å². The molecule has 0 spiro atoms. The van der Waals surface area contributed by atoms with Crippen LogP contribution >= 0.6 is 0 Å². The molecule has 0 saturated carbocycles. The summed E-state index contributed by atoms with van der Waals surface area (Å²) in [6, 6.07) is 19.8. The molecule has 0 atom stereocenters. The average molecular weight is 435 g/mol. The van der Waals surface area contributed by atoms with Crippen molar-refractivity contribution in [1.82, 2.24) is 20.0 Å². The molecule has 32 heavy (non-hydrogen) atoms. The number of likely N-dealkylation sites (N-methyl/N-ethyl adjacent to an activating group) is 1. The second-order valence-corrected chi connectivity index (χ2v) is 8.33. The molecule has 1 heterocycles. The van der Waals surface area contributed by atoms with Gasteiger partial charge in [-0.15, -0.1) is 0 Å². The highest BCUT2D eigenvalue weighted by atomic mass is 16.5. The van der Waals surface area contributed by atoms with Gasteiger partial charge in [0.15, 0.2) is 0 Å². The van der Waals surface area contributed by atoms with Gasteiger partial charge in [0.25, 0.3) is 5.91 Å². The molecule has 6 nitrogen and oxygen atoms in total.